The number of nitrogens with two attached hydrogens (primary N) is 1. The highest BCUT2D eigenvalue weighted by molar-refractivity contribution is 5.95. The summed E-state index contributed by atoms with van der Waals surface area (Å²) in [5.41, 5.74) is 8.19. The Morgan fingerprint density at radius 1 is 0.889 bits per heavy atom. The molecule has 4 heteroatoms. The van der Waals surface area contributed by atoms with Crippen LogP contribution in [-0.4, -0.2) is 16.9 Å². The highest BCUT2D eigenvalue weighted by Gasteiger charge is 2.03. The molecule has 0 spiro atoms. The first-order valence-electron chi connectivity index (χ1n) is 5.36. The van der Waals surface area contributed by atoms with Crippen molar-refractivity contribution in [2.45, 2.75) is 0 Å². The molecule has 2 aromatic carbocycles. The van der Waals surface area contributed by atoms with Crippen LogP contribution in [-0.2, 0) is 0 Å². The lowest BCUT2D eigenvalue weighted by atomic mass is 10.0. The van der Waals surface area contributed by atoms with Crippen molar-refractivity contribution in [3.63, 3.8) is 0 Å². The van der Waals surface area contributed by atoms with Crippen molar-refractivity contribution < 1.29 is 9.90 Å². The highest BCUT2D eigenvalue weighted by Crippen LogP contribution is 2.20. The predicted molar refractivity (Wildman–Crippen MR) is 69.9 cm³/mol. The third kappa shape index (κ3) is 2.38. The minimum Gasteiger partial charge on any atom is -0.478 e. The predicted octanol–water partition coefficient (Wildman–Crippen LogP) is 2.34. The molecule has 0 aliphatic carbocycles. The molecule has 0 heterocycles. The molecule has 0 aromatic heterocycles. The molecule has 0 unspecified atom stereocenters. The Morgan fingerprint density at radius 3 is 1.61 bits per heavy atom. The average Bonchev–Trinajstić information content (AvgIpc) is 2.39. The second kappa shape index (κ2) is 4.71. The summed E-state index contributed by atoms with van der Waals surface area (Å²) in [5, 5.41) is 16.1. The molecule has 18 heavy (non-hydrogen) atoms. The highest BCUT2D eigenvalue weighted by atomic mass is 16.4. The molecule has 4 nitrogen and oxygen atoms in total. The molecule has 0 radical (unpaired) electrons. The molecule has 0 atom stereocenters. The minimum atomic E-state index is -0.937. The van der Waals surface area contributed by atoms with Gasteiger partial charge in [0.25, 0.3) is 0 Å². The fraction of sp³-hybridized carbons (Fsp3) is 0. The van der Waals surface area contributed by atoms with Gasteiger partial charge in [-0.25, -0.2) is 4.79 Å². The monoisotopic (exact) mass is 240 g/mol. The van der Waals surface area contributed by atoms with Crippen LogP contribution in [0.15, 0.2) is 48.5 Å². The Morgan fingerprint density at radius 2 is 1.28 bits per heavy atom. The summed E-state index contributed by atoms with van der Waals surface area (Å²) in [7, 11) is 0. The van der Waals surface area contributed by atoms with Crippen LogP contribution in [0.4, 0.5) is 0 Å². The molecule has 2 aromatic rings. The van der Waals surface area contributed by atoms with Gasteiger partial charge in [-0.05, 0) is 23.3 Å². The molecule has 0 saturated heterocycles. The second-order valence-electron chi connectivity index (χ2n) is 3.87. The first-order chi connectivity index (χ1) is 8.58. The number of hydrogen-bond acceptors (Lipinski definition) is 2. The van der Waals surface area contributed by atoms with Gasteiger partial charge in [0.05, 0.1) is 5.56 Å². The molecule has 4 N–H and O–H groups in total. The fourth-order valence-corrected chi connectivity index (χ4v) is 1.65. The van der Waals surface area contributed by atoms with Gasteiger partial charge < -0.3 is 10.8 Å². The number of carbonyl (C=O) groups is 1. The molecule has 0 bridgehead atoms. The Labute approximate surface area is 104 Å². The van der Waals surface area contributed by atoms with Crippen LogP contribution >= 0.6 is 0 Å². The van der Waals surface area contributed by atoms with Gasteiger partial charge in [-0.2, -0.15) is 0 Å². The van der Waals surface area contributed by atoms with Gasteiger partial charge >= 0.3 is 5.97 Å². The van der Waals surface area contributed by atoms with Crippen LogP contribution in [0.2, 0.25) is 0 Å². The number of carboxylic acids is 1. The molecule has 0 amide bonds. The third-order valence-corrected chi connectivity index (χ3v) is 2.66. The van der Waals surface area contributed by atoms with E-state index >= 15 is 0 Å². The summed E-state index contributed by atoms with van der Waals surface area (Å²) in [4.78, 5) is 10.7. The SMILES string of the molecule is N=C(N)c1ccc(-c2ccc(C(=O)O)cc2)cc1. The Balaban J connectivity index is 2.31. The van der Waals surface area contributed by atoms with Crippen molar-refractivity contribution in [3.8, 4) is 11.1 Å². The smallest absolute Gasteiger partial charge is 0.335 e. The maximum Gasteiger partial charge on any atom is 0.335 e. The van der Waals surface area contributed by atoms with Gasteiger partial charge in [-0.1, -0.05) is 36.4 Å². The zero-order valence-corrected chi connectivity index (χ0v) is 9.55. The van der Waals surface area contributed by atoms with E-state index in [9.17, 15) is 4.79 Å². The number of aromatic carboxylic acids is 1. The molecule has 0 aliphatic heterocycles. The fourth-order valence-electron chi connectivity index (χ4n) is 1.65. The van der Waals surface area contributed by atoms with Gasteiger partial charge in [0.15, 0.2) is 0 Å². The minimum absolute atomic E-state index is 0.0303. The van der Waals surface area contributed by atoms with Gasteiger partial charge in [-0.3, -0.25) is 5.41 Å². The van der Waals surface area contributed by atoms with Crippen molar-refractivity contribution >= 4 is 11.8 Å². The zero-order chi connectivity index (χ0) is 13.1. The van der Waals surface area contributed by atoms with Gasteiger partial charge in [0.2, 0.25) is 0 Å². The van der Waals surface area contributed by atoms with E-state index in [2.05, 4.69) is 0 Å². The van der Waals surface area contributed by atoms with E-state index < -0.39 is 5.97 Å². The molecule has 90 valence electrons. The number of nitrogens with one attached hydrogen (secondary N) is 1. The van der Waals surface area contributed by atoms with E-state index in [0.29, 0.717) is 5.56 Å². The number of amidine groups is 1. The summed E-state index contributed by atoms with van der Waals surface area (Å²) in [6, 6.07) is 13.9. The molecule has 2 rings (SSSR count). The molecular formula is C14H12N2O2. The van der Waals surface area contributed by atoms with Gasteiger partial charge in [0.1, 0.15) is 5.84 Å². The number of hydrogen-bond donors (Lipinski definition) is 3. The topological polar surface area (TPSA) is 87.2 Å². The maximum absolute atomic E-state index is 10.7. The quantitative estimate of drug-likeness (QED) is 0.568. The second-order valence-corrected chi connectivity index (χ2v) is 3.87. The van der Waals surface area contributed by atoms with Gasteiger partial charge in [0, 0.05) is 5.56 Å². The van der Waals surface area contributed by atoms with E-state index in [0.717, 1.165) is 11.1 Å². The van der Waals surface area contributed by atoms with E-state index in [4.69, 9.17) is 16.2 Å². The van der Waals surface area contributed by atoms with Crippen LogP contribution in [0.3, 0.4) is 0 Å². The normalized spacial score (nSPS) is 10.0. The number of nitrogen functional groups attached to an aromatic ring is 1. The summed E-state index contributed by atoms with van der Waals surface area (Å²) in [5.74, 6) is -0.906. The first-order valence-corrected chi connectivity index (χ1v) is 5.36. The summed E-state index contributed by atoms with van der Waals surface area (Å²) in [6.07, 6.45) is 0. The molecule has 0 fully saturated rings. The zero-order valence-electron chi connectivity index (χ0n) is 9.55. The lowest BCUT2D eigenvalue weighted by Crippen LogP contribution is -2.10. The van der Waals surface area contributed by atoms with Crippen LogP contribution < -0.4 is 5.73 Å². The van der Waals surface area contributed by atoms with E-state index in [1.54, 1.807) is 36.4 Å². The van der Waals surface area contributed by atoms with E-state index in [1.165, 1.54) is 0 Å². The van der Waals surface area contributed by atoms with Crippen LogP contribution in [0, 0.1) is 5.41 Å². The Kier molecular flexibility index (Phi) is 3.10. The molecular weight excluding hydrogens is 228 g/mol. The standard InChI is InChI=1S/C14H12N2O2/c15-13(16)11-5-1-9(2-6-11)10-3-7-12(8-4-10)14(17)18/h1-8H,(H3,15,16)(H,17,18). The molecule has 0 saturated carbocycles. The maximum atomic E-state index is 10.7. The number of benzene rings is 2. The van der Waals surface area contributed by atoms with Crippen molar-refractivity contribution in [1.82, 2.24) is 0 Å². The number of rotatable bonds is 3. The summed E-state index contributed by atoms with van der Waals surface area (Å²) in [6.45, 7) is 0. The molecule has 0 aliphatic rings. The van der Waals surface area contributed by atoms with Gasteiger partial charge in [-0.15, -0.1) is 0 Å². The third-order valence-electron chi connectivity index (χ3n) is 2.66. The van der Waals surface area contributed by atoms with E-state index in [1.807, 2.05) is 12.1 Å². The Bertz CT molecular complexity index is 531. The van der Waals surface area contributed by atoms with E-state index in [-0.39, 0.29) is 11.4 Å². The number of carboxylic acid groups (broad SMARTS) is 1. The first kappa shape index (κ1) is 11.9. The average molecular weight is 240 g/mol. The van der Waals surface area contributed by atoms with Crippen molar-refractivity contribution in [1.29, 1.82) is 5.41 Å². The largest absolute Gasteiger partial charge is 0.478 e. The van der Waals surface area contributed by atoms with Crippen molar-refractivity contribution in [3.05, 3.63) is 59.7 Å². The van der Waals surface area contributed by atoms with Crippen molar-refractivity contribution in [2.75, 3.05) is 0 Å². The summed E-state index contributed by atoms with van der Waals surface area (Å²) >= 11 is 0. The summed E-state index contributed by atoms with van der Waals surface area (Å²) < 4.78 is 0. The van der Waals surface area contributed by atoms with Crippen LogP contribution in [0.1, 0.15) is 15.9 Å². The lowest BCUT2D eigenvalue weighted by Gasteiger charge is -2.04. The van der Waals surface area contributed by atoms with Crippen LogP contribution in [0.25, 0.3) is 11.1 Å². The Hall–Kier alpha value is -2.62. The lowest BCUT2D eigenvalue weighted by molar-refractivity contribution is 0.0697. The van der Waals surface area contributed by atoms with Crippen molar-refractivity contribution in [2.24, 2.45) is 5.73 Å². The van der Waals surface area contributed by atoms with Crippen LogP contribution in [0.5, 0.6) is 0 Å².